The summed E-state index contributed by atoms with van der Waals surface area (Å²) < 4.78 is 1.78. The summed E-state index contributed by atoms with van der Waals surface area (Å²) in [4.78, 5) is 23.0. The van der Waals surface area contributed by atoms with Gasteiger partial charge in [-0.3, -0.25) is 9.48 Å². The van der Waals surface area contributed by atoms with E-state index in [0.717, 1.165) is 42.2 Å². The molecule has 3 heterocycles. The van der Waals surface area contributed by atoms with Gasteiger partial charge in [0.15, 0.2) is 0 Å². The molecule has 1 atom stereocenters. The Morgan fingerprint density at radius 3 is 2.88 bits per heavy atom. The molecule has 0 aliphatic heterocycles. The van der Waals surface area contributed by atoms with Gasteiger partial charge in [0.2, 0.25) is 0 Å². The van der Waals surface area contributed by atoms with E-state index in [9.17, 15) is 15.0 Å². The van der Waals surface area contributed by atoms with E-state index in [4.69, 9.17) is 0 Å². The second-order valence-corrected chi connectivity index (χ2v) is 6.84. The number of nitrogens with zero attached hydrogens (tertiary/aromatic N) is 4. The van der Waals surface area contributed by atoms with Gasteiger partial charge in [0.25, 0.3) is 0 Å². The van der Waals surface area contributed by atoms with Crippen LogP contribution in [0.15, 0.2) is 24.9 Å². The van der Waals surface area contributed by atoms with Crippen LogP contribution in [-0.4, -0.2) is 40.9 Å². The lowest BCUT2D eigenvalue weighted by molar-refractivity contribution is -0.138. The van der Waals surface area contributed by atoms with Gasteiger partial charge in [-0.15, -0.1) is 0 Å². The maximum Gasteiger partial charge on any atom is 0.305 e. The normalized spacial score (nSPS) is 16.3. The number of carboxylic acid groups (broad SMARTS) is 1. The fourth-order valence-electron chi connectivity index (χ4n) is 4.01. The number of carboxylic acids is 1. The highest BCUT2D eigenvalue weighted by Crippen LogP contribution is 2.37. The quantitative estimate of drug-likeness (QED) is 0.625. The number of aliphatic hydroxyl groups excluding tert-OH is 1. The number of hydrogen-bond acceptors (Lipinski definition) is 5. The number of carbonyl (C=O) groups is 1. The zero-order valence-corrected chi connectivity index (χ0v) is 14.3. The number of fused-ring (bicyclic) bond motifs is 1. The van der Waals surface area contributed by atoms with Crippen molar-refractivity contribution in [1.29, 1.82) is 0 Å². The van der Waals surface area contributed by atoms with E-state index in [1.54, 1.807) is 17.1 Å². The van der Waals surface area contributed by atoms with Crippen LogP contribution in [0, 0.1) is 5.92 Å². The standard InChI is InChI=1S/C18H21N5O3/c24-9-13-6-19-18-16(13)17(20-10-21-18)12-7-22-23(8-12)14(5-15(25)26)11-3-1-2-4-11/h6-8,10-11,14,24H,1-5,9H2,(H,25,26)(H,19,20,21)/t14-/m1/s1. The number of nitrogens with one attached hydrogen (secondary N) is 1. The van der Waals surface area contributed by atoms with Crippen molar-refractivity contribution in [3.8, 4) is 11.3 Å². The molecule has 3 N–H and O–H groups in total. The first-order valence-corrected chi connectivity index (χ1v) is 8.85. The number of aromatic nitrogens is 5. The average molecular weight is 355 g/mol. The summed E-state index contributed by atoms with van der Waals surface area (Å²) in [6, 6.07) is -0.149. The Balaban J connectivity index is 1.73. The lowest BCUT2D eigenvalue weighted by atomic mass is 9.95. The Morgan fingerprint density at radius 2 is 2.15 bits per heavy atom. The highest BCUT2D eigenvalue weighted by molar-refractivity contribution is 5.93. The van der Waals surface area contributed by atoms with Crippen LogP contribution in [0.2, 0.25) is 0 Å². The summed E-state index contributed by atoms with van der Waals surface area (Å²) >= 11 is 0. The van der Waals surface area contributed by atoms with Crippen LogP contribution >= 0.6 is 0 Å². The number of aromatic amines is 1. The van der Waals surface area contributed by atoms with Crippen LogP contribution in [0.5, 0.6) is 0 Å². The van der Waals surface area contributed by atoms with E-state index in [0.29, 0.717) is 17.3 Å². The van der Waals surface area contributed by atoms with Crippen molar-refractivity contribution >= 4 is 17.0 Å². The largest absolute Gasteiger partial charge is 0.481 e. The molecule has 0 unspecified atom stereocenters. The SMILES string of the molecule is O=C(O)C[C@H](C1CCCC1)n1cc(-c2ncnc3[nH]cc(CO)c23)cn1. The van der Waals surface area contributed by atoms with E-state index < -0.39 is 5.97 Å². The van der Waals surface area contributed by atoms with Crippen LogP contribution < -0.4 is 0 Å². The first-order valence-electron chi connectivity index (χ1n) is 8.85. The minimum absolute atomic E-state index is 0.0665. The van der Waals surface area contributed by atoms with Crippen LogP contribution in [0.1, 0.15) is 43.7 Å². The van der Waals surface area contributed by atoms with Gasteiger partial charge in [-0.2, -0.15) is 5.10 Å². The third-order valence-corrected chi connectivity index (χ3v) is 5.26. The molecular weight excluding hydrogens is 334 g/mol. The number of hydrogen-bond donors (Lipinski definition) is 3. The lowest BCUT2D eigenvalue weighted by Crippen LogP contribution is -2.21. The summed E-state index contributed by atoms with van der Waals surface area (Å²) in [5.74, 6) is -0.471. The topological polar surface area (TPSA) is 117 Å². The zero-order chi connectivity index (χ0) is 18.1. The molecule has 8 nitrogen and oxygen atoms in total. The predicted octanol–water partition coefficient (Wildman–Crippen LogP) is 2.52. The Bertz CT molecular complexity index is 926. The molecule has 0 radical (unpaired) electrons. The predicted molar refractivity (Wildman–Crippen MR) is 94.3 cm³/mol. The smallest absolute Gasteiger partial charge is 0.305 e. The van der Waals surface area contributed by atoms with Gasteiger partial charge in [0.05, 0.1) is 36.3 Å². The zero-order valence-electron chi connectivity index (χ0n) is 14.3. The van der Waals surface area contributed by atoms with Crippen molar-refractivity contribution in [2.24, 2.45) is 5.92 Å². The molecule has 1 saturated carbocycles. The first-order chi connectivity index (χ1) is 12.7. The second kappa shape index (κ2) is 6.87. The fourth-order valence-corrected chi connectivity index (χ4v) is 4.01. The summed E-state index contributed by atoms with van der Waals surface area (Å²) in [6.07, 6.45) is 11.2. The van der Waals surface area contributed by atoms with Crippen LogP contribution in [-0.2, 0) is 11.4 Å². The van der Waals surface area contributed by atoms with Gasteiger partial charge in [-0.25, -0.2) is 9.97 Å². The molecule has 1 aliphatic rings. The number of aliphatic hydroxyl groups is 1. The van der Waals surface area contributed by atoms with Crippen LogP contribution in [0.4, 0.5) is 0 Å². The summed E-state index contributed by atoms with van der Waals surface area (Å²) in [5.41, 5.74) is 2.86. The average Bonchev–Trinajstić information content (AvgIpc) is 3.39. The number of H-pyrrole nitrogens is 1. The molecule has 8 heteroatoms. The summed E-state index contributed by atoms with van der Waals surface area (Å²) in [7, 11) is 0. The first kappa shape index (κ1) is 16.7. The minimum Gasteiger partial charge on any atom is -0.481 e. The highest BCUT2D eigenvalue weighted by Gasteiger charge is 2.29. The highest BCUT2D eigenvalue weighted by atomic mass is 16.4. The van der Waals surface area contributed by atoms with Gasteiger partial charge >= 0.3 is 5.97 Å². The van der Waals surface area contributed by atoms with Gasteiger partial charge < -0.3 is 15.2 Å². The molecule has 0 amide bonds. The molecular formula is C18H21N5O3. The summed E-state index contributed by atoms with van der Waals surface area (Å²) in [5, 5.41) is 24.1. The van der Waals surface area contributed by atoms with Gasteiger partial charge in [-0.1, -0.05) is 12.8 Å². The molecule has 1 fully saturated rings. The Labute approximate surface area is 149 Å². The van der Waals surface area contributed by atoms with E-state index in [2.05, 4.69) is 20.1 Å². The molecule has 3 aromatic rings. The maximum absolute atomic E-state index is 11.3. The van der Waals surface area contributed by atoms with E-state index >= 15 is 0 Å². The second-order valence-electron chi connectivity index (χ2n) is 6.84. The van der Waals surface area contributed by atoms with Crippen LogP contribution in [0.3, 0.4) is 0 Å². The minimum atomic E-state index is -0.809. The fraction of sp³-hybridized carbons (Fsp3) is 0.444. The lowest BCUT2D eigenvalue weighted by Gasteiger charge is -2.22. The van der Waals surface area contributed by atoms with Crippen molar-refractivity contribution in [2.75, 3.05) is 0 Å². The molecule has 3 aromatic heterocycles. The molecule has 0 bridgehead atoms. The van der Waals surface area contributed by atoms with Gasteiger partial charge in [0.1, 0.15) is 12.0 Å². The maximum atomic E-state index is 11.3. The number of aliphatic carboxylic acids is 1. The van der Waals surface area contributed by atoms with Crippen molar-refractivity contribution in [2.45, 2.75) is 44.8 Å². The number of rotatable bonds is 6. The van der Waals surface area contributed by atoms with E-state index in [1.165, 1.54) is 6.33 Å². The Morgan fingerprint density at radius 1 is 1.35 bits per heavy atom. The molecule has 0 saturated heterocycles. The molecule has 0 aromatic carbocycles. The van der Waals surface area contributed by atoms with Crippen molar-refractivity contribution in [3.63, 3.8) is 0 Å². The van der Waals surface area contributed by atoms with Crippen LogP contribution in [0.25, 0.3) is 22.3 Å². The third kappa shape index (κ3) is 2.96. The molecule has 0 spiro atoms. The van der Waals surface area contributed by atoms with Crippen molar-refractivity contribution < 1.29 is 15.0 Å². The monoisotopic (exact) mass is 355 g/mol. The van der Waals surface area contributed by atoms with E-state index in [-0.39, 0.29) is 19.1 Å². The molecule has 4 rings (SSSR count). The van der Waals surface area contributed by atoms with Gasteiger partial charge in [-0.05, 0) is 18.8 Å². The molecule has 1 aliphatic carbocycles. The Hall–Kier alpha value is -2.74. The van der Waals surface area contributed by atoms with Gasteiger partial charge in [0, 0.05) is 23.5 Å². The van der Waals surface area contributed by atoms with Crippen molar-refractivity contribution in [3.05, 3.63) is 30.5 Å². The van der Waals surface area contributed by atoms with Crippen molar-refractivity contribution in [1.82, 2.24) is 24.7 Å². The van der Waals surface area contributed by atoms with E-state index in [1.807, 2.05) is 6.20 Å². The molecule has 26 heavy (non-hydrogen) atoms. The summed E-state index contributed by atoms with van der Waals surface area (Å²) in [6.45, 7) is -0.113. The molecule has 136 valence electrons. The third-order valence-electron chi connectivity index (χ3n) is 5.26. The Kier molecular flexibility index (Phi) is 4.42.